The lowest BCUT2D eigenvalue weighted by Crippen LogP contribution is -2.28. The maximum absolute atomic E-state index is 4.67. The van der Waals surface area contributed by atoms with Gasteiger partial charge in [-0.3, -0.25) is 0 Å². The minimum absolute atomic E-state index is 0.853. The third-order valence-corrected chi connectivity index (χ3v) is 3.63. The molecule has 0 saturated carbocycles. The van der Waals surface area contributed by atoms with Gasteiger partial charge in [0.2, 0.25) is 0 Å². The largest absolute Gasteiger partial charge is 0.320 e. The van der Waals surface area contributed by atoms with Crippen LogP contribution in [-0.4, -0.2) is 16.1 Å². The van der Waals surface area contributed by atoms with Crippen LogP contribution in [0.4, 0.5) is 0 Å². The number of halogens is 1. The Bertz CT molecular complexity index is 504. The number of imidazole rings is 1. The number of benzene rings is 1. The molecule has 1 aromatic heterocycles. The first-order valence-corrected chi connectivity index (χ1v) is 6.16. The van der Waals surface area contributed by atoms with E-state index in [0.717, 1.165) is 41.3 Å². The van der Waals surface area contributed by atoms with E-state index in [0.29, 0.717) is 0 Å². The van der Waals surface area contributed by atoms with Crippen LogP contribution in [-0.2, 0) is 13.1 Å². The molecule has 1 N–H and O–H groups in total. The normalized spacial score (nSPS) is 14.8. The Balaban J connectivity index is 2.12. The molecule has 3 nitrogen and oxygen atoms in total. The van der Waals surface area contributed by atoms with E-state index in [-0.39, 0.29) is 0 Å². The van der Waals surface area contributed by atoms with Gasteiger partial charge < -0.3 is 9.88 Å². The third kappa shape index (κ3) is 1.58. The van der Waals surface area contributed by atoms with Crippen molar-refractivity contribution in [2.75, 3.05) is 6.54 Å². The SMILES string of the molecule is Brc1c(-c2ccccc2)nc2n1CCNC2. The Morgan fingerprint density at radius 2 is 2.06 bits per heavy atom. The summed E-state index contributed by atoms with van der Waals surface area (Å²) in [7, 11) is 0. The molecule has 1 aromatic carbocycles. The van der Waals surface area contributed by atoms with Gasteiger partial charge >= 0.3 is 0 Å². The average molecular weight is 278 g/mol. The standard InChI is InChI=1S/C12H12BrN3/c13-12-11(9-4-2-1-3-5-9)15-10-8-14-6-7-16(10)12/h1-5,14H,6-8H2. The molecule has 0 saturated heterocycles. The third-order valence-electron chi connectivity index (χ3n) is 2.83. The molecule has 0 fully saturated rings. The van der Waals surface area contributed by atoms with E-state index >= 15 is 0 Å². The quantitative estimate of drug-likeness (QED) is 0.868. The van der Waals surface area contributed by atoms with Crippen molar-refractivity contribution >= 4 is 15.9 Å². The van der Waals surface area contributed by atoms with Gasteiger partial charge in [0, 0.05) is 18.7 Å². The summed E-state index contributed by atoms with van der Waals surface area (Å²) in [5.41, 5.74) is 2.20. The molecule has 0 radical (unpaired) electrons. The highest BCUT2D eigenvalue weighted by Crippen LogP contribution is 2.29. The number of hydrogen-bond donors (Lipinski definition) is 1. The number of rotatable bonds is 1. The Labute approximate surface area is 103 Å². The molecular weight excluding hydrogens is 266 g/mol. The van der Waals surface area contributed by atoms with Gasteiger partial charge in [-0.05, 0) is 15.9 Å². The number of nitrogens with one attached hydrogen (secondary N) is 1. The Morgan fingerprint density at radius 3 is 2.81 bits per heavy atom. The van der Waals surface area contributed by atoms with E-state index in [1.165, 1.54) is 0 Å². The van der Waals surface area contributed by atoms with Gasteiger partial charge in [0.25, 0.3) is 0 Å². The summed E-state index contributed by atoms with van der Waals surface area (Å²) in [5, 5.41) is 3.33. The van der Waals surface area contributed by atoms with E-state index in [1.807, 2.05) is 18.2 Å². The molecule has 1 aliphatic heterocycles. The molecule has 0 amide bonds. The molecule has 0 atom stereocenters. The summed E-state index contributed by atoms with van der Waals surface area (Å²) in [5.74, 6) is 1.11. The summed E-state index contributed by atoms with van der Waals surface area (Å²) >= 11 is 3.65. The van der Waals surface area contributed by atoms with Crippen LogP contribution in [0.5, 0.6) is 0 Å². The molecule has 4 heteroatoms. The molecular formula is C12H12BrN3. The van der Waals surface area contributed by atoms with Crippen molar-refractivity contribution in [3.05, 3.63) is 40.8 Å². The lowest BCUT2D eigenvalue weighted by molar-refractivity contribution is 0.500. The van der Waals surface area contributed by atoms with Crippen molar-refractivity contribution in [3.63, 3.8) is 0 Å². The van der Waals surface area contributed by atoms with Crippen LogP contribution in [0, 0.1) is 0 Å². The highest BCUT2D eigenvalue weighted by Gasteiger charge is 2.18. The highest BCUT2D eigenvalue weighted by molar-refractivity contribution is 9.10. The molecule has 0 unspecified atom stereocenters. The zero-order valence-electron chi connectivity index (χ0n) is 8.78. The summed E-state index contributed by atoms with van der Waals surface area (Å²) < 4.78 is 3.33. The summed E-state index contributed by atoms with van der Waals surface area (Å²) in [6, 6.07) is 10.3. The van der Waals surface area contributed by atoms with Crippen LogP contribution in [0.15, 0.2) is 34.9 Å². The monoisotopic (exact) mass is 277 g/mol. The molecule has 0 bridgehead atoms. The maximum Gasteiger partial charge on any atom is 0.124 e. The molecule has 3 rings (SSSR count). The van der Waals surface area contributed by atoms with Crippen molar-refractivity contribution < 1.29 is 0 Å². The van der Waals surface area contributed by atoms with Crippen LogP contribution >= 0.6 is 15.9 Å². The van der Waals surface area contributed by atoms with Crippen molar-refractivity contribution in [2.24, 2.45) is 0 Å². The second-order valence-corrected chi connectivity index (χ2v) is 4.61. The second-order valence-electron chi connectivity index (χ2n) is 3.86. The van der Waals surface area contributed by atoms with Gasteiger partial charge in [-0.1, -0.05) is 30.3 Å². The van der Waals surface area contributed by atoms with Crippen molar-refractivity contribution in [2.45, 2.75) is 13.1 Å². The molecule has 16 heavy (non-hydrogen) atoms. The fraction of sp³-hybridized carbons (Fsp3) is 0.250. The Morgan fingerprint density at radius 1 is 1.25 bits per heavy atom. The summed E-state index contributed by atoms with van der Waals surface area (Å²) in [6.07, 6.45) is 0. The van der Waals surface area contributed by atoms with Gasteiger partial charge in [-0.15, -0.1) is 0 Å². The first kappa shape index (κ1) is 10.1. The molecule has 2 heterocycles. The van der Waals surface area contributed by atoms with Crippen molar-refractivity contribution in [3.8, 4) is 11.3 Å². The number of hydrogen-bond acceptors (Lipinski definition) is 2. The zero-order chi connectivity index (χ0) is 11.0. The predicted molar refractivity (Wildman–Crippen MR) is 67.1 cm³/mol. The van der Waals surface area contributed by atoms with Gasteiger partial charge in [0.15, 0.2) is 0 Å². The second kappa shape index (κ2) is 4.03. The summed E-state index contributed by atoms with van der Waals surface area (Å²) in [6.45, 7) is 2.84. The molecule has 82 valence electrons. The fourth-order valence-corrected chi connectivity index (χ4v) is 2.71. The van der Waals surface area contributed by atoms with Crippen LogP contribution in [0.2, 0.25) is 0 Å². The van der Waals surface area contributed by atoms with Crippen LogP contribution in [0.25, 0.3) is 11.3 Å². The van der Waals surface area contributed by atoms with E-state index in [2.05, 4.69) is 42.9 Å². The average Bonchev–Trinajstić information content (AvgIpc) is 2.69. The number of nitrogens with zero attached hydrogens (tertiary/aromatic N) is 2. The molecule has 1 aliphatic rings. The first-order chi connectivity index (χ1) is 7.86. The van der Waals surface area contributed by atoms with Crippen LogP contribution in [0.3, 0.4) is 0 Å². The first-order valence-electron chi connectivity index (χ1n) is 5.37. The van der Waals surface area contributed by atoms with E-state index in [1.54, 1.807) is 0 Å². The highest BCUT2D eigenvalue weighted by atomic mass is 79.9. The predicted octanol–water partition coefficient (Wildman–Crippen LogP) is 2.42. The molecule has 0 aliphatic carbocycles. The van der Waals surface area contributed by atoms with Gasteiger partial charge in [-0.25, -0.2) is 4.98 Å². The zero-order valence-corrected chi connectivity index (χ0v) is 10.4. The van der Waals surface area contributed by atoms with Crippen LogP contribution < -0.4 is 5.32 Å². The van der Waals surface area contributed by atoms with Gasteiger partial charge in [0.1, 0.15) is 16.1 Å². The number of aromatic nitrogens is 2. The van der Waals surface area contributed by atoms with Crippen LogP contribution in [0.1, 0.15) is 5.82 Å². The summed E-state index contributed by atoms with van der Waals surface area (Å²) in [4.78, 5) is 4.67. The lowest BCUT2D eigenvalue weighted by atomic mass is 10.2. The maximum atomic E-state index is 4.67. The minimum atomic E-state index is 0.853. The Kier molecular flexibility index (Phi) is 2.53. The minimum Gasteiger partial charge on any atom is -0.320 e. The Hall–Kier alpha value is -1.13. The molecule has 0 spiro atoms. The van der Waals surface area contributed by atoms with E-state index in [9.17, 15) is 0 Å². The van der Waals surface area contributed by atoms with Crippen molar-refractivity contribution in [1.82, 2.24) is 14.9 Å². The van der Waals surface area contributed by atoms with E-state index in [4.69, 9.17) is 0 Å². The molecule has 2 aromatic rings. The van der Waals surface area contributed by atoms with E-state index < -0.39 is 0 Å². The van der Waals surface area contributed by atoms with Crippen molar-refractivity contribution in [1.29, 1.82) is 0 Å². The van der Waals surface area contributed by atoms with Gasteiger partial charge in [0.05, 0.1) is 6.54 Å². The lowest BCUT2D eigenvalue weighted by Gasteiger charge is -2.15. The number of fused-ring (bicyclic) bond motifs is 1. The van der Waals surface area contributed by atoms with Gasteiger partial charge in [-0.2, -0.15) is 0 Å². The fourth-order valence-electron chi connectivity index (χ4n) is 2.01. The smallest absolute Gasteiger partial charge is 0.124 e. The topological polar surface area (TPSA) is 29.9 Å².